The third kappa shape index (κ3) is 3.57. The molecule has 1 heterocycles. The van der Waals surface area contributed by atoms with Crippen LogP contribution in [0.4, 0.5) is 13.2 Å². The van der Waals surface area contributed by atoms with Crippen LogP contribution in [0.2, 0.25) is 0 Å². The van der Waals surface area contributed by atoms with Gasteiger partial charge < -0.3 is 10.6 Å². The molecule has 0 aromatic rings. The molecule has 0 aromatic heterocycles. The van der Waals surface area contributed by atoms with Crippen molar-refractivity contribution in [2.45, 2.75) is 37.5 Å². The van der Waals surface area contributed by atoms with E-state index in [0.29, 0.717) is 19.4 Å². The summed E-state index contributed by atoms with van der Waals surface area (Å²) in [4.78, 5) is 13.4. The van der Waals surface area contributed by atoms with Crippen LogP contribution in [-0.2, 0) is 4.79 Å². The van der Waals surface area contributed by atoms with Crippen molar-refractivity contribution in [1.82, 2.24) is 10.2 Å². The van der Waals surface area contributed by atoms with Gasteiger partial charge in [-0.15, -0.1) is 0 Å². The lowest BCUT2D eigenvalue weighted by atomic mass is 9.83. The minimum absolute atomic E-state index is 0.0250. The van der Waals surface area contributed by atoms with Crippen LogP contribution in [0.15, 0.2) is 0 Å². The monoisotopic (exact) mass is 253 g/mol. The first-order chi connectivity index (χ1) is 7.66. The molecule has 1 aliphatic heterocycles. The quantitative estimate of drug-likeness (QED) is 0.769. The number of primary amides is 1. The molecule has 17 heavy (non-hydrogen) atoms. The van der Waals surface area contributed by atoms with Crippen molar-refractivity contribution >= 4 is 5.91 Å². The minimum atomic E-state index is -4.34. The van der Waals surface area contributed by atoms with E-state index in [1.165, 1.54) is 0 Å². The number of carbonyl (C=O) groups excluding carboxylic acids is 1. The molecule has 7 heteroatoms. The number of nitrogens with one attached hydrogen (secondary N) is 1. The Kier molecular flexibility index (Phi) is 4.03. The molecule has 0 saturated carbocycles. The molecule has 1 saturated heterocycles. The molecule has 0 radical (unpaired) electrons. The molecule has 100 valence electrons. The van der Waals surface area contributed by atoms with E-state index >= 15 is 0 Å². The molecule has 0 bridgehead atoms. The van der Waals surface area contributed by atoms with E-state index in [1.807, 2.05) is 18.9 Å². The smallest absolute Gasteiger partial charge is 0.368 e. The van der Waals surface area contributed by atoms with E-state index in [0.717, 1.165) is 0 Å². The average molecular weight is 253 g/mol. The van der Waals surface area contributed by atoms with Gasteiger partial charge in [-0.25, -0.2) is 0 Å². The number of hydrogen-bond donors (Lipinski definition) is 2. The zero-order valence-electron chi connectivity index (χ0n) is 9.97. The van der Waals surface area contributed by atoms with Gasteiger partial charge in [-0.05, 0) is 26.8 Å². The van der Waals surface area contributed by atoms with Gasteiger partial charge in [0.05, 0.1) is 6.54 Å². The lowest BCUT2D eigenvalue weighted by Gasteiger charge is -2.43. The van der Waals surface area contributed by atoms with Gasteiger partial charge in [-0.2, -0.15) is 13.2 Å². The number of nitrogens with two attached hydrogens (primary N) is 1. The summed E-state index contributed by atoms with van der Waals surface area (Å²) in [5.74, 6) is -0.707. The normalized spacial score (nSPS) is 31.5. The Morgan fingerprint density at radius 1 is 1.59 bits per heavy atom. The summed E-state index contributed by atoms with van der Waals surface area (Å²) in [5, 5.41) is 2.30. The first-order valence-corrected chi connectivity index (χ1v) is 5.48. The number of amides is 1. The number of likely N-dealkylation sites (tertiary alicyclic amines) is 1. The van der Waals surface area contributed by atoms with Gasteiger partial charge in [0, 0.05) is 12.6 Å². The number of nitrogens with zero attached hydrogens (tertiary/aromatic N) is 1. The molecular formula is C10H18F3N3O. The molecule has 2 atom stereocenters. The van der Waals surface area contributed by atoms with Gasteiger partial charge in [0.15, 0.2) is 0 Å². The van der Waals surface area contributed by atoms with Crippen molar-refractivity contribution in [1.29, 1.82) is 0 Å². The lowest BCUT2D eigenvalue weighted by Crippen LogP contribution is -2.63. The number of rotatable bonds is 3. The summed E-state index contributed by atoms with van der Waals surface area (Å²) in [6, 6.07) is 0.0250. The second-order valence-electron chi connectivity index (χ2n) is 4.70. The third-order valence-corrected chi connectivity index (χ3v) is 3.39. The van der Waals surface area contributed by atoms with Crippen molar-refractivity contribution in [2.24, 2.45) is 5.73 Å². The van der Waals surface area contributed by atoms with Crippen molar-refractivity contribution < 1.29 is 18.0 Å². The molecule has 1 aliphatic rings. The number of alkyl halides is 3. The second-order valence-corrected chi connectivity index (χ2v) is 4.70. The standard InChI is InChI=1S/C10H18F3N3O/c1-7-5-9(8(14)17,3-4-16(7)2)15-6-10(11,12)13/h7,15H,3-6H2,1-2H3,(H2,14,17). The molecular weight excluding hydrogens is 235 g/mol. The Bertz CT molecular complexity index is 295. The van der Waals surface area contributed by atoms with Crippen molar-refractivity contribution in [3.8, 4) is 0 Å². The van der Waals surface area contributed by atoms with Gasteiger partial charge >= 0.3 is 6.18 Å². The maximum Gasteiger partial charge on any atom is 0.401 e. The topological polar surface area (TPSA) is 58.4 Å². The zero-order chi connectivity index (χ0) is 13.3. The van der Waals surface area contributed by atoms with Crippen LogP contribution in [-0.4, -0.2) is 48.7 Å². The number of halogens is 3. The second kappa shape index (κ2) is 4.81. The zero-order valence-corrected chi connectivity index (χ0v) is 9.97. The Labute approximate surface area is 98.3 Å². The van der Waals surface area contributed by atoms with E-state index in [-0.39, 0.29) is 6.04 Å². The summed E-state index contributed by atoms with van der Waals surface area (Å²) in [7, 11) is 1.87. The Hall–Kier alpha value is -0.820. The number of piperidine rings is 1. The van der Waals surface area contributed by atoms with E-state index in [2.05, 4.69) is 5.32 Å². The van der Waals surface area contributed by atoms with Gasteiger partial charge in [-0.1, -0.05) is 0 Å². The van der Waals surface area contributed by atoms with Gasteiger partial charge in [-0.3, -0.25) is 10.1 Å². The average Bonchev–Trinajstić information content (AvgIpc) is 2.19. The van der Waals surface area contributed by atoms with E-state index < -0.39 is 24.2 Å². The van der Waals surface area contributed by atoms with Crippen LogP contribution in [0.25, 0.3) is 0 Å². The minimum Gasteiger partial charge on any atom is -0.368 e. The summed E-state index contributed by atoms with van der Waals surface area (Å²) >= 11 is 0. The highest BCUT2D eigenvalue weighted by Gasteiger charge is 2.44. The Balaban J connectivity index is 2.74. The van der Waals surface area contributed by atoms with Crippen molar-refractivity contribution in [3.05, 3.63) is 0 Å². The van der Waals surface area contributed by atoms with Crippen molar-refractivity contribution in [2.75, 3.05) is 20.1 Å². The van der Waals surface area contributed by atoms with E-state index in [1.54, 1.807) is 0 Å². The molecule has 0 aliphatic carbocycles. The van der Waals surface area contributed by atoms with E-state index in [4.69, 9.17) is 5.73 Å². The highest BCUT2D eigenvalue weighted by atomic mass is 19.4. The van der Waals surface area contributed by atoms with Gasteiger partial charge in [0.2, 0.25) is 5.91 Å². The molecule has 1 rings (SSSR count). The van der Waals surface area contributed by atoms with Crippen LogP contribution in [0.5, 0.6) is 0 Å². The molecule has 0 spiro atoms. The number of carbonyl (C=O) groups is 1. The van der Waals surface area contributed by atoms with Crippen LogP contribution in [0.3, 0.4) is 0 Å². The fourth-order valence-corrected chi connectivity index (χ4v) is 2.09. The van der Waals surface area contributed by atoms with Gasteiger partial charge in [0.1, 0.15) is 5.54 Å². The summed E-state index contributed by atoms with van der Waals surface area (Å²) in [6.45, 7) is 1.23. The Morgan fingerprint density at radius 3 is 2.59 bits per heavy atom. The molecule has 1 fully saturated rings. The fourth-order valence-electron chi connectivity index (χ4n) is 2.09. The molecule has 0 aromatic carbocycles. The first kappa shape index (κ1) is 14.2. The van der Waals surface area contributed by atoms with Crippen LogP contribution >= 0.6 is 0 Å². The maximum absolute atomic E-state index is 12.2. The third-order valence-electron chi connectivity index (χ3n) is 3.39. The van der Waals surface area contributed by atoms with Gasteiger partial charge in [0.25, 0.3) is 0 Å². The Morgan fingerprint density at radius 2 is 2.18 bits per heavy atom. The summed E-state index contributed by atoms with van der Waals surface area (Å²) in [6.07, 6.45) is -3.73. The van der Waals surface area contributed by atoms with Crippen molar-refractivity contribution in [3.63, 3.8) is 0 Å². The highest BCUT2D eigenvalue weighted by molar-refractivity contribution is 5.84. The highest BCUT2D eigenvalue weighted by Crippen LogP contribution is 2.27. The van der Waals surface area contributed by atoms with Crippen LogP contribution in [0.1, 0.15) is 19.8 Å². The molecule has 2 unspecified atom stereocenters. The van der Waals surface area contributed by atoms with E-state index in [9.17, 15) is 18.0 Å². The molecule has 1 amide bonds. The SMILES string of the molecule is CC1CC(NCC(F)(F)F)(C(N)=O)CCN1C. The van der Waals surface area contributed by atoms with Crippen LogP contribution in [0, 0.1) is 0 Å². The first-order valence-electron chi connectivity index (χ1n) is 5.48. The fraction of sp³-hybridized carbons (Fsp3) is 0.900. The van der Waals surface area contributed by atoms with Crippen LogP contribution < -0.4 is 11.1 Å². The maximum atomic E-state index is 12.2. The molecule has 3 N–H and O–H groups in total. The molecule has 4 nitrogen and oxygen atoms in total. The summed E-state index contributed by atoms with van der Waals surface area (Å²) < 4.78 is 36.6. The summed E-state index contributed by atoms with van der Waals surface area (Å²) in [5.41, 5.74) is 4.02. The predicted molar refractivity (Wildman–Crippen MR) is 57.3 cm³/mol. The number of hydrogen-bond acceptors (Lipinski definition) is 3. The largest absolute Gasteiger partial charge is 0.401 e. The lowest BCUT2D eigenvalue weighted by molar-refractivity contribution is -0.139. The predicted octanol–water partition coefficient (Wildman–Crippen LogP) is 0.476.